The Morgan fingerprint density at radius 3 is 2.52 bits per heavy atom. The molecule has 0 aliphatic rings. The molecule has 2 rings (SSSR count). The predicted molar refractivity (Wildman–Crippen MR) is 94.8 cm³/mol. The summed E-state index contributed by atoms with van der Waals surface area (Å²) in [6, 6.07) is 3.93. The Morgan fingerprint density at radius 2 is 2.00 bits per heavy atom. The van der Waals surface area contributed by atoms with Gasteiger partial charge in [-0.2, -0.15) is 5.10 Å². The summed E-state index contributed by atoms with van der Waals surface area (Å²) < 4.78 is 6.98. The summed E-state index contributed by atoms with van der Waals surface area (Å²) in [6.45, 7) is 5.73. The second kappa shape index (κ2) is 7.25. The third kappa shape index (κ3) is 3.90. The van der Waals surface area contributed by atoms with Gasteiger partial charge in [-0.15, -0.1) is 0 Å². The predicted octanol–water partition coefficient (Wildman–Crippen LogP) is 2.03. The fourth-order valence-corrected chi connectivity index (χ4v) is 2.80. The number of anilines is 1. The number of aromatic nitrogens is 2. The Labute approximate surface area is 146 Å². The summed E-state index contributed by atoms with van der Waals surface area (Å²) in [5.74, 6) is -0.150. The number of methoxy groups -OCH3 is 1. The van der Waals surface area contributed by atoms with Crippen molar-refractivity contribution in [1.29, 1.82) is 0 Å². The van der Waals surface area contributed by atoms with Gasteiger partial charge in [-0.3, -0.25) is 9.48 Å². The van der Waals surface area contributed by atoms with Gasteiger partial charge in [0.25, 0.3) is 0 Å². The van der Waals surface area contributed by atoms with E-state index < -0.39 is 11.9 Å². The number of carbonyl (C=O) groups excluding carboxylic acids is 2. The smallest absolute Gasteiger partial charge is 0.319 e. The average molecular weight is 345 g/mol. The van der Waals surface area contributed by atoms with E-state index in [1.54, 1.807) is 10.7 Å². The maximum absolute atomic E-state index is 12.4. The molecule has 0 aliphatic heterocycles. The van der Waals surface area contributed by atoms with E-state index in [0.717, 1.165) is 17.0 Å². The zero-order valence-electron chi connectivity index (χ0n) is 15.0. The SMILES string of the molecule is COc1ccc(C(N)=O)cc1NC(=O)N[C@@H](C)c1c(C)nn(C)c1C. The van der Waals surface area contributed by atoms with Crippen molar-refractivity contribution in [2.24, 2.45) is 12.8 Å². The molecule has 8 nitrogen and oxygen atoms in total. The van der Waals surface area contributed by atoms with Gasteiger partial charge in [0.1, 0.15) is 5.75 Å². The van der Waals surface area contributed by atoms with Crippen molar-refractivity contribution < 1.29 is 14.3 Å². The van der Waals surface area contributed by atoms with Gasteiger partial charge in [-0.1, -0.05) is 0 Å². The number of benzene rings is 1. The standard InChI is InChI=1S/C17H23N5O3/c1-9(15-10(2)21-22(4)11(15)3)19-17(24)20-13-8-12(16(18)23)6-7-14(13)25-5/h6-9H,1-5H3,(H2,18,23)(H2,19,20,24)/t9-/m0/s1. The minimum absolute atomic E-state index is 0.237. The van der Waals surface area contributed by atoms with Crippen molar-refractivity contribution in [3.63, 3.8) is 0 Å². The van der Waals surface area contributed by atoms with E-state index in [-0.39, 0.29) is 11.6 Å². The molecule has 1 heterocycles. The van der Waals surface area contributed by atoms with Gasteiger partial charge < -0.3 is 21.1 Å². The van der Waals surface area contributed by atoms with Crippen LogP contribution < -0.4 is 21.1 Å². The summed E-state index contributed by atoms with van der Waals surface area (Å²) in [7, 11) is 3.34. The second-order valence-corrected chi connectivity index (χ2v) is 5.81. The lowest BCUT2D eigenvalue weighted by Crippen LogP contribution is -2.32. The van der Waals surface area contributed by atoms with Gasteiger partial charge in [-0.05, 0) is 39.0 Å². The Morgan fingerprint density at radius 1 is 1.32 bits per heavy atom. The number of aryl methyl sites for hydroxylation is 2. The molecule has 1 aromatic carbocycles. The topological polar surface area (TPSA) is 111 Å². The van der Waals surface area contributed by atoms with E-state index in [4.69, 9.17) is 10.5 Å². The first-order valence-electron chi connectivity index (χ1n) is 7.80. The molecule has 0 saturated carbocycles. The molecule has 0 bridgehead atoms. The summed E-state index contributed by atoms with van der Waals surface area (Å²) in [6.07, 6.45) is 0. The van der Waals surface area contributed by atoms with E-state index in [1.165, 1.54) is 19.2 Å². The molecule has 1 aromatic heterocycles. The first kappa shape index (κ1) is 18.3. The molecule has 0 aliphatic carbocycles. The first-order chi connectivity index (χ1) is 11.7. The first-order valence-corrected chi connectivity index (χ1v) is 7.80. The number of nitrogens with two attached hydrogens (primary N) is 1. The summed E-state index contributed by atoms with van der Waals surface area (Å²) >= 11 is 0. The quantitative estimate of drug-likeness (QED) is 0.770. The fraction of sp³-hybridized carbons (Fsp3) is 0.353. The van der Waals surface area contributed by atoms with Crippen molar-refractivity contribution in [2.75, 3.05) is 12.4 Å². The maximum atomic E-state index is 12.4. The van der Waals surface area contributed by atoms with Crippen LogP contribution >= 0.6 is 0 Å². The number of primary amides is 1. The lowest BCUT2D eigenvalue weighted by Gasteiger charge is -2.17. The van der Waals surface area contributed by atoms with Gasteiger partial charge >= 0.3 is 6.03 Å². The zero-order chi connectivity index (χ0) is 18.7. The van der Waals surface area contributed by atoms with Crippen LogP contribution in [-0.2, 0) is 7.05 Å². The van der Waals surface area contributed by atoms with Crippen molar-refractivity contribution in [2.45, 2.75) is 26.8 Å². The number of hydrogen-bond acceptors (Lipinski definition) is 4. The number of rotatable bonds is 5. The fourth-order valence-electron chi connectivity index (χ4n) is 2.80. The monoisotopic (exact) mass is 345 g/mol. The maximum Gasteiger partial charge on any atom is 0.319 e. The molecule has 0 radical (unpaired) electrons. The molecule has 0 fully saturated rings. The number of nitrogens with zero attached hydrogens (tertiary/aromatic N) is 2. The molecule has 1 atom stereocenters. The lowest BCUT2D eigenvalue weighted by atomic mass is 10.1. The Hall–Kier alpha value is -3.03. The summed E-state index contributed by atoms with van der Waals surface area (Å²) in [5, 5.41) is 9.91. The average Bonchev–Trinajstić information content (AvgIpc) is 2.79. The molecule has 134 valence electrons. The molecule has 8 heteroatoms. The highest BCUT2D eigenvalue weighted by molar-refractivity contribution is 5.97. The molecule has 3 amide bonds. The van der Waals surface area contributed by atoms with Gasteiger partial charge in [0, 0.05) is 23.9 Å². The van der Waals surface area contributed by atoms with Crippen LogP contribution in [0.4, 0.5) is 10.5 Å². The molecule has 4 N–H and O–H groups in total. The van der Waals surface area contributed by atoms with Crippen molar-refractivity contribution in [3.8, 4) is 5.75 Å². The normalized spacial score (nSPS) is 11.7. The molecule has 0 saturated heterocycles. The number of ether oxygens (including phenoxy) is 1. The molecule has 0 spiro atoms. The van der Waals surface area contributed by atoms with Crippen molar-refractivity contribution in [1.82, 2.24) is 15.1 Å². The minimum atomic E-state index is -0.582. The summed E-state index contributed by atoms with van der Waals surface area (Å²) in [4.78, 5) is 23.7. The van der Waals surface area contributed by atoms with Crippen LogP contribution in [0.2, 0.25) is 0 Å². The van der Waals surface area contributed by atoms with Gasteiger partial charge in [0.2, 0.25) is 5.91 Å². The van der Waals surface area contributed by atoms with Gasteiger partial charge in [0.15, 0.2) is 0 Å². The van der Waals surface area contributed by atoms with Crippen LogP contribution in [0.3, 0.4) is 0 Å². The molecule has 25 heavy (non-hydrogen) atoms. The van der Waals surface area contributed by atoms with Crippen LogP contribution in [0.5, 0.6) is 5.75 Å². The van der Waals surface area contributed by atoms with Crippen LogP contribution in [0, 0.1) is 13.8 Å². The highest BCUT2D eigenvalue weighted by atomic mass is 16.5. The Balaban J connectivity index is 2.17. The van der Waals surface area contributed by atoms with Crippen LogP contribution in [0.15, 0.2) is 18.2 Å². The Kier molecular flexibility index (Phi) is 5.31. The largest absolute Gasteiger partial charge is 0.495 e. The van der Waals surface area contributed by atoms with Crippen molar-refractivity contribution >= 4 is 17.6 Å². The third-order valence-corrected chi connectivity index (χ3v) is 4.08. The van der Waals surface area contributed by atoms with E-state index in [2.05, 4.69) is 15.7 Å². The second-order valence-electron chi connectivity index (χ2n) is 5.81. The molecular weight excluding hydrogens is 322 g/mol. The van der Waals surface area contributed by atoms with Crippen molar-refractivity contribution in [3.05, 3.63) is 40.7 Å². The van der Waals surface area contributed by atoms with Crippen LogP contribution in [0.1, 0.15) is 40.3 Å². The van der Waals surface area contributed by atoms with Gasteiger partial charge in [0.05, 0.1) is 24.5 Å². The number of carbonyl (C=O) groups is 2. The lowest BCUT2D eigenvalue weighted by molar-refractivity contribution is 0.1000. The summed E-state index contributed by atoms with van der Waals surface area (Å²) in [5.41, 5.74) is 8.74. The zero-order valence-corrected chi connectivity index (χ0v) is 15.0. The van der Waals surface area contributed by atoms with Gasteiger partial charge in [-0.25, -0.2) is 4.79 Å². The third-order valence-electron chi connectivity index (χ3n) is 4.08. The number of urea groups is 1. The Bertz CT molecular complexity index is 813. The van der Waals surface area contributed by atoms with Crippen LogP contribution in [-0.4, -0.2) is 28.8 Å². The number of amides is 3. The highest BCUT2D eigenvalue weighted by Gasteiger charge is 2.19. The molecular formula is C17H23N5O3. The molecule has 2 aromatic rings. The molecule has 0 unspecified atom stereocenters. The van der Waals surface area contributed by atoms with E-state index in [1.807, 2.05) is 27.8 Å². The van der Waals surface area contributed by atoms with E-state index >= 15 is 0 Å². The van der Waals surface area contributed by atoms with E-state index in [0.29, 0.717) is 11.4 Å². The number of hydrogen-bond donors (Lipinski definition) is 3. The van der Waals surface area contributed by atoms with E-state index in [9.17, 15) is 9.59 Å². The number of nitrogens with one attached hydrogen (secondary N) is 2. The van der Waals surface area contributed by atoms with Crippen LogP contribution in [0.25, 0.3) is 0 Å². The minimum Gasteiger partial charge on any atom is -0.495 e. The highest BCUT2D eigenvalue weighted by Crippen LogP contribution is 2.26.